The zero-order chi connectivity index (χ0) is 16.8. The third-order valence-corrected chi connectivity index (χ3v) is 4.34. The second kappa shape index (κ2) is 13.3. The van der Waals surface area contributed by atoms with Crippen molar-refractivity contribution >= 4 is 17.7 Å². The molecule has 23 heavy (non-hydrogen) atoms. The third kappa shape index (κ3) is 10.2. The molecule has 1 unspecified atom stereocenters. The fourth-order valence-electron chi connectivity index (χ4n) is 2.09. The lowest BCUT2D eigenvalue weighted by atomic mass is 10.2. The molecule has 1 aromatic rings. The maximum absolute atomic E-state index is 5.06. The first-order chi connectivity index (χ1) is 11.3. The van der Waals surface area contributed by atoms with Gasteiger partial charge < -0.3 is 15.4 Å². The van der Waals surface area contributed by atoms with Crippen LogP contribution in [0.25, 0.3) is 0 Å². The average molecular weight is 338 g/mol. The van der Waals surface area contributed by atoms with Gasteiger partial charge in [0.2, 0.25) is 0 Å². The van der Waals surface area contributed by atoms with E-state index in [9.17, 15) is 0 Å². The van der Waals surface area contributed by atoms with E-state index in [4.69, 9.17) is 9.73 Å². The van der Waals surface area contributed by atoms with E-state index in [-0.39, 0.29) is 0 Å². The standard InChI is InChI=1S/C18H31N3OS/c1-4-19-18(20-13-9-6-10-14-22-3)21-15-16(2)23-17-11-7-5-8-12-17/h5,7-8,11-12,16H,4,6,9-10,13-15H2,1-3H3,(H2,19,20,21). The Bertz CT molecular complexity index is 426. The van der Waals surface area contributed by atoms with Crippen molar-refractivity contribution in [3.63, 3.8) is 0 Å². The monoisotopic (exact) mass is 337 g/mol. The molecule has 0 heterocycles. The molecule has 0 saturated carbocycles. The van der Waals surface area contributed by atoms with Gasteiger partial charge in [-0.25, -0.2) is 0 Å². The van der Waals surface area contributed by atoms with Gasteiger partial charge in [-0.2, -0.15) is 0 Å². The number of nitrogens with zero attached hydrogens (tertiary/aromatic N) is 1. The Kier molecular flexibility index (Phi) is 11.4. The number of nitrogens with one attached hydrogen (secondary N) is 2. The molecular weight excluding hydrogens is 306 g/mol. The number of benzene rings is 1. The van der Waals surface area contributed by atoms with Crippen LogP contribution >= 0.6 is 11.8 Å². The van der Waals surface area contributed by atoms with Crippen LogP contribution in [0.1, 0.15) is 33.1 Å². The lowest BCUT2D eigenvalue weighted by Gasteiger charge is -2.13. The van der Waals surface area contributed by atoms with Crippen molar-refractivity contribution in [2.75, 3.05) is 33.4 Å². The topological polar surface area (TPSA) is 45.7 Å². The van der Waals surface area contributed by atoms with Crippen LogP contribution in [0.5, 0.6) is 0 Å². The lowest BCUT2D eigenvalue weighted by molar-refractivity contribution is 0.192. The summed E-state index contributed by atoms with van der Waals surface area (Å²) in [4.78, 5) is 5.99. The van der Waals surface area contributed by atoms with Gasteiger partial charge >= 0.3 is 0 Å². The van der Waals surface area contributed by atoms with Gasteiger partial charge in [-0.1, -0.05) is 25.1 Å². The number of aliphatic imine (C=N–C) groups is 1. The molecule has 0 amide bonds. The van der Waals surface area contributed by atoms with Gasteiger partial charge in [0, 0.05) is 37.0 Å². The quantitative estimate of drug-likeness (QED) is 0.281. The average Bonchev–Trinajstić information content (AvgIpc) is 2.56. The molecule has 1 rings (SSSR count). The third-order valence-electron chi connectivity index (χ3n) is 3.25. The van der Waals surface area contributed by atoms with E-state index < -0.39 is 0 Å². The van der Waals surface area contributed by atoms with Crippen molar-refractivity contribution in [1.82, 2.24) is 10.6 Å². The first-order valence-electron chi connectivity index (χ1n) is 8.49. The van der Waals surface area contributed by atoms with Crippen LogP contribution in [-0.4, -0.2) is 44.6 Å². The SMILES string of the molecule is CCNC(=NCC(C)Sc1ccccc1)NCCCCCOC. The molecule has 0 spiro atoms. The van der Waals surface area contributed by atoms with E-state index in [1.54, 1.807) is 7.11 Å². The van der Waals surface area contributed by atoms with Crippen molar-refractivity contribution in [3.8, 4) is 0 Å². The summed E-state index contributed by atoms with van der Waals surface area (Å²) in [5.74, 6) is 0.916. The van der Waals surface area contributed by atoms with Gasteiger partial charge in [-0.15, -0.1) is 11.8 Å². The van der Waals surface area contributed by atoms with E-state index in [1.165, 1.54) is 11.3 Å². The van der Waals surface area contributed by atoms with E-state index in [2.05, 4.69) is 48.7 Å². The molecule has 0 aliphatic carbocycles. The van der Waals surface area contributed by atoms with Gasteiger partial charge in [-0.3, -0.25) is 4.99 Å². The summed E-state index contributed by atoms with van der Waals surface area (Å²) in [5, 5.41) is 7.17. The Morgan fingerprint density at radius 1 is 1.17 bits per heavy atom. The smallest absolute Gasteiger partial charge is 0.191 e. The van der Waals surface area contributed by atoms with Crippen LogP contribution in [0, 0.1) is 0 Å². The molecule has 1 aromatic carbocycles. The van der Waals surface area contributed by atoms with Crippen LogP contribution in [0.3, 0.4) is 0 Å². The van der Waals surface area contributed by atoms with Crippen LogP contribution in [0.4, 0.5) is 0 Å². The zero-order valence-electron chi connectivity index (χ0n) is 14.7. The molecule has 5 heteroatoms. The molecule has 4 nitrogen and oxygen atoms in total. The van der Waals surface area contributed by atoms with Crippen LogP contribution in [0.15, 0.2) is 40.2 Å². The minimum absolute atomic E-state index is 0.453. The molecule has 0 bridgehead atoms. The molecule has 0 aliphatic rings. The van der Waals surface area contributed by atoms with E-state index in [0.29, 0.717) is 5.25 Å². The fraction of sp³-hybridized carbons (Fsp3) is 0.611. The lowest BCUT2D eigenvalue weighted by Crippen LogP contribution is -2.38. The Labute approximate surface area is 145 Å². The zero-order valence-corrected chi connectivity index (χ0v) is 15.5. The molecule has 130 valence electrons. The second-order valence-corrected chi connectivity index (χ2v) is 6.95. The Hall–Kier alpha value is -1.20. The normalized spacial score (nSPS) is 12.9. The highest BCUT2D eigenvalue weighted by Crippen LogP contribution is 2.22. The highest BCUT2D eigenvalue weighted by molar-refractivity contribution is 8.00. The number of ether oxygens (including phenoxy) is 1. The minimum Gasteiger partial charge on any atom is -0.385 e. The maximum Gasteiger partial charge on any atom is 0.191 e. The van der Waals surface area contributed by atoms with Gasteiger partial charge in [0.05, 0.1) is 6.54 Å². The summed E-state index contributed by atoms with van der Waals surface area (Å²) in [6, 6.07) is 10.5. The van der Waals surface area contributed by atoms with Crippen molar-refractivity contribution in [2.45, 2.75) is 43.3 Å². The molecule has 1 atom stereocenters. The molecule has 0 radical (unpaired) electrons. The van der Waals surface area contributed by atoms with Gasteiger partial charge in [0.25, 0.3) is 0 Å². The number of guanidine groups is 1. The Morgan fingerprint density at radius 2 is 1.96 bits per heavy atom. The molecule has 2 N–H and O–H groups in total. The number of unbranched alkanes of at least 4 members (excludes halogenated alkanes) is 2. The molecule has 0 saturated heterocycles. The van der Waals surface area contributed by atoms with Gasteiger partial charge in [-0.05, 0) is 38.3 Å². The van der Waals surface area contributed by atoms with Crippen molar-refractivity contribution in [1.29, 1.82) is 0 Å². The molecule has 0 aromatic heterocycles. The van der Waals surface area contributed by atoms with Crippen LogP contribution in [-0.2, 0) is 4.74 Å². The van der Waals surface area contributed by atoms with Crippen molar-refractivity contribution < 1.29 is 4.74 Å². The predicted molar refractivity (Wildman–Crippen MR) is 101 cm³/mol. The number of rotatable bonds is 11. The van der Waals surface area contributed by atoms with Crippen molar-refractivity contribution in [2.24, 2.45) is 4.99 Å². The van der Waals surface area contributed by atoms with E-state index >= 15 is 0 Å². The summed E-state index contributed by atoms with van der Waals surface area (Å²) in [6.45, 7) is 7.81. The highest BCUT2D eigenvalue weighted by Gasteiger charge is 2.04. The summed E-state index contributed by atoms with van der Waals surface area (Å²) in [7, 11) is 1.75. The minimum atomic E-state index is 0.453. The van der Waals surface area contributed by atoms with Gasteiger partial charge in [0.1, 0.15) is 0 Å². The molecule has 0 fully saturated rings. The van der Waals surface area contributed by atoms with Gasteiger partial charge in [0.15, 0.2) is 5.96 Å². The van der Waals surface area contributed by atoms with E-state index in [1.807, 2.05) is 17.8 Å². The molecular formula is C18H31N3OS. The second-order valence-electron chi connectivity index (χ2n) is 5.44. The number of hydrogen-bond donors (Lipinski definition) is 2. The summed E-state index contributed by atoms with van der Waals surface area (Å²) >= 11 is 1.86. The fourth-order valence-corrected chi connectivity index (χ4v) is 3.01. The first-order valence-corrected chi connectivity index (χ1v) is 9.37. The van der Waals surface area contributed by atoms with Crippen LogP contribution in [0.2, 0.25) is 0 Å². The van der Waals surface area contributed by atoms with Crippen molar-refractivity contribution in [3.05, 3.63) is 30.3 Å². The van der Waals surface area contributed by atoms with E-state index in [0.717, 1.165) is 45.0 Å². The highest BCUT2D eigenvalue weighted by atomic mass is 32.2. The Balaban J connectivity index is 2.29. The number of methoxy groups -OCH3 is 1. The maximum atomic E-state index is 5.06. The Morgan fingerprint density at radius 3 is 2.65 bits per heavy atom. The first kappa shape index (κ1) is 19.8. The number of thioether (sulfide) groups is 1. The van der Waals surface area contributed by atoms with Crippen LogP contribution < -0.4 is 10.6 Å². The predicted octanol–water partition coefficient (Wildman–Crippen LogP) is 3.54. The number of hydrogen-bond acceptors (Lipinski definition) is 3. The summed E-state index contributed by atoms with van der Waals surface area (Å²) in [6.07, 6.45) is 3.44. The summed E-state index contributed by atoms with van der Waals surface area (Å²) in [5.41, 5.74) is 0. The largest absolute Gasteiger partial charge is 0.385 e. The molecule has 0 aliphatic heterocycles. The summed E-state index contributed by atoms with van der Waals surface area (Å²) < 4.78 is 5.06.